The first-order chi connectivity index (χ1) is 8.70. The first-order valence-corrected chi connectivity index (χ1v) is 6.12. The molecule has 0 atom stereocenters. The molecule has 0 amide bonds. The molecule has 3 aromatic rings. The highest BCUT2D eigenvalue weighted by molar-refractivity contribution is 7.71. The molecule has 2 heterocycles. The molecule has 18 heavy (non-hydrogen) atoms. The Labute approximate surface area is 109 Å². The summed E-state index contributed by atoms with van der Waals surface area (Å²) in [5, 5.41) is 0. The topological polar surface area (TPSA) is 57.4 Å². The fraction of sp³-hybridized carbons (Fsp3) is 0.154. The minimum Gasteiger partial charge on any atom is -0.347 e. The van der Waals surface area contributed by atoms with Gasteiger partial charge in [-0.3, -0.25) is 0 Å². The number of H-pyrrole nitrogens is 2. The lowest BCUT2D eigenvalue weighted by molar-refractivity contribution is 0.895. The Bertz CT molecular complexity index is 724. The van der Waals surface area contributed by atoms with Crippen molar-refractivity contribution in [1.29, 1.82) is 0 Å². The number of aromatic amines is 2. The van der Waals surface area contributed by atoms with Crippen LogP contribution in [0.25, 0.3) is 11.0 Å². The van der Waals surface area contributed by atoms with Crippen molar-refractivity contribution < 1.29 is 0 Å². The number of fused-ring (bicyclic) bond motifs is 1. The summed E-state index contributed by atoms with van der Waals surface area (Å²) >= 11 is 5.11. The van der Waals surface area contributed by atoms with Crippen molar-refractivity contribution in [2.24, 2.45) is 0 Å². The maximum absolute atomic E-state index is 5.11. The Hall–Kier alpha value is -2.01. The van der Waals surface area contributed by atoms with Gasteiger partial charge in [0.1, 0.15) is 16.3 Å². The number of para-hydroxylation sites is 2. The Balaban J connectivity index is 1.98. The molecule has 4 nitrogen and oxygen atoms in total. The van der Waals surface area contributed by atoms with E-state index in [0.717, 1.165) is 28.4 Å². The van der Waals surface area contributed by atoms with Gasteiger partial charge < -0.3 is 9.97 Å². The Morgan fingerprint density at radius 2 is 1.89 bits per heavy atom. The number of nitrogens with zero attached hydrogens (tertiary/aromatic N) is 2. The van der Waals surface area contributed by atoms with Gasteiger partial charge in [0.25, 0.3) is 0 Å². The van der Waals surface area contributed by atoms with Crippen LogP contribution in [0.4, 0.5) is 0 Å². The Morgan fingerprint density at radius 1 is 1.11 bits per heavy atom. The van der Waals surface area contributed by atoms with Crippen molar-refractivity contribution in [3.8, 4) is 0 Å². The third-order valence-corrected chi connectivity index (χ3v) is 2.91. The smallest absolute Gasteiger partial charge is 0.129 e. The van der Waals surface area contributed by atoms with E-state index >= 15 is 0 Å². The summed E-state index contributed by atoms with van der Waals surface area (Å²) in [7, 11) is 0. The normalized spacial score (nSPS) is 10.9. The van der Waals surface area contributed by atoms with Crippen LogP contribution in [0.3, 0.4) is 0 Å². The lowest BCUT2D eigenvalue weighted by Gasteiger charge is -2.00. The van der Waals surface area contributed by atoms with Gasteiger partial charge in [-0.2, -0.15) is 0 Å². The summed E-state index contributed by atoms with van der Waals surface area (Å²) in [6.07, 6.45) is 0.625. The van der Waals surface area contributed by atoms with E-state index in [9.17, 15) is 0 Å². The fourth-order valence-electron chi connectivity index (χ4n) is 1.97. The third kappa shape index (κ3) is 2.17. The minimum absolute atomic E-state index is 0.609. The van der Waals surface area contributed by atoms with E-state index < -0.39 is 0 Å². The van der Waals surface area contributed by atoms with Gasteiger partial charge in [-0.05, 0) is 25.1 Å². The number of nitrogens with one attached hydrogen (secondary N) is 2. The summed E-state index contributed by atoms with van der Waals surface area (Å²) in [6, 6.07) is 9.81. The van der Waals surface area contributed by atoms with Crippen LogP contribution in [-0.4, -0.2) is 19.9 Å². The molecule has 0 saturated heterocycles. The first-order valence-electron chi connectivity index (χ1n) is 5.71. The number of rotatable bonds is 2. The first kappa shape index (κ1) is 11.1. The van der Waals surface area contributed by atoms with Gasteiger partial charge in [-0.25, -0.2) is 9.97 Å². The van der Waals surface area contributed by atoms with Crippen LogP contribution >= 0.6 is 12.2 Å². The zero-order chi connectivity index (χ0) is 12.5. The van der Waals surface area contributed by atoms with Crippen molar-refractivity contribution in [2.75, 3.05) is 0 Å². The largest absolute Gasteiger partial charge is 0.347 e. The fourth-order valence-corrected chi connectivity index (χ4v) is 2.26. The third-order valence-electron chi connectivity index (χ3n) is 2.70. The average Bonchev–Trinajstić information content (AvgIpc) is 2.69. The summed E-state index contributed by atoms with van der Waals surface area (Å²) < 4.78 is 0.609. The molecule has 0 aliphatic heterocycles. The molecule has 0 bridgehead atoms. The molecule has 2 aromatic heterocycles. The Kier molecular flexibility index (Phi) is 2.68. The molecule has 2 N–H and O–H groups in total. The minimum atomic E-state index is 0.609. The highest BCUT2D eigenvalue weighted by Crippen LogP contribution is 2.12. The second-order valence-electron chi connectivity index (χ2n) is 4.23. The highest BCUT2D eigenvalue weighted by atomic mass is 32.1. The Morgan fingerprint density at radius 3 is 2.67 bits per heavy atom. The van der Waals surface area contributed by atoms with Crippen LogP contribution in [-0.2, 0) is 6.42 Å². The standard InChI is InChI=1S/C13H12N4S/c1-8-6-13(18)17-11(14-8)7-12-15-9-4-2-3-5-10(9)16-12/h2-6H,7H2,1H3,(H,15,16)(H,14,17,18). The molecule has 0 aliphatic carbocycles. The molecule has 0 radical (unpaired) electrons. The van der Waals surface area contributed by atoms with Gasteiger partial charge >= 0.3 is 0 Å². The molecular weight excluding hydrogens is 244 g/mol. The molecule has 0 saturated carbocycles. The predicted octanol–water partition coefficient (Wildman–Crippen LogP) is 2.91. The van der Waals surface area contributed by atoms with Gasteiger partial charge in [0.05, 0.1) is 17.5 Å². The maximum Gasteiger partial charge on any atom is 0.129 e. The van der Waals surface area contributed by atoms with E-state index in [4.69, 9.17) is 12.2 Å². The summed E-state index contributed by atoms with van der Waals surface area (Å²) in [5.41, 5.74) is 3.03. The predicted molar refractivity (Wildman–Crippen MR) is 73.1 cm³/mol. The zero-order valence-electron chi connectivity index (χ0n) is 9.90. The molecular formula is C13H12N4S. The summed E-state index contributed by atoms with van der Waals surface area (Å²) in [5.74, 6) is 1.72. The lowest BCUT2D eigenvalue weighted by atomic mass is 10.3. The zero-order valence-corrected chi connectivity index (χ0v) is 10.7. The number of aryl methyl sites for hydroxylation is 1. The summed E-state index contributed by atoms with van der Waals surface area (Å²) in [6.45, 7) is 1.97. The van der Waals surface area contributed by atoms with Gasteiger partial charge in [-0.1, -0.05) is 24.4 Å². The lowest BCUT2D eigenvalue weighted by Crippen LogP contribution is -1.99. The van der Waals surface area contributed by atoms with Crippen LogP contribution in [0.2, 0.25) is 0 Å². The van der Waals surface area contributed by atoms with Crippen LogP contribution in [0.15, 0.2) is 30.3 Å². The van der Waals surface area contributed by atoms with Crippen LogP contribution in [0.1, 0.15) is 17.3 Å². The van der Waals surface area contributed by atoms with E-state index in [1.54, 1.807) is 0 Å². The molecule has 3 rings (SSSR count). The van der Waals surface area contributed by atoms with Crippen molar-refractivity contribution >= 4 is 23.3 Å². The van der Waals surface area contributed by atoms with Crippen LogP contribution in [0.5, 0.6) is 0 Å². The average molecular weight is 256 g/mol. The molecule has 90 valence electrons. The molecule has 0 spiro atoms. The molecule has 0 fully saturated rings. The SMILES string of the molecule is Cc1cc(=S)nc(Cc2nc3ccccc3[nH]2)[nH]1. The van der Waals surface area contributed by atoms with Crippen LogP contribution in [0, 0.1) is 11.6 Å². The van der Waals surface area contributed by atoms with Gasteiger partial charge in [-0.15, -0.1) is 0 Å². The highest BCUT2D eigenvalue weighted by Gasteiger charge is 2.04. The van der Waals surface area contributed by atoms with E-state index in [0.29, 0.717) is 11.1 Å². The molecule has 0 unspecified atom stereocenters. The van der Waals surface area contributed by atoms with Crippen molar-refractivity contribution in [3.63, 3.8) is 0 Å². The molecule has 5 heteroatoms. The van der Waals surface area contributed by atoms with E-state index in [1.165, 1.54) is 0 Å². The van der Waals surface area contributed by atoms with Crippen molar-refractivity contribution in [2.45, 2.75) is 13.3 Å². The van der Waals surface area contributed by atoms with Gasteiger partial charge in [0.2, 0.25) is 0 Å². The number of aromatic nitrogens is 4. The maximum atomic E-state index is 5.11. The van der Waals surface area contributed by atoms with E-state index in [2.05, 4.69) is 19.9 Å². The van der Waals surface area contributed by atoms with Gasteiger partial charge in [0, 0.05) is 5.69 Å². The molecule has 0 aliphatic rings. The summed E-state index contributed by atoms with van der Waals surface area (Å²) in [4.78, 5) is 15.3. The number of imidazole rings is 1. The van der Waals surface area contributed by atoms with Gasteiger partial charge in [0.15, 0.2) is 0 Å². The molecule has 1 aromatic carbocycles. The number of benzene rings is 1. The number of hydrogen-bond acceptors (Lipinski definition) is 3. The van der Waals surface area contributed by atoms with Crippen LogP contribution < -0.4 is 0 Å². The quantitative estimate of drug-likeness (QED) is 0.693. The van der Waals surface area contributed by atoms with Crippen molar-refractivity contribution in [1.82, 2.24) is 19.9 Å². The van der Waals surface area contributed by atoms with E-state index in [1.807, 2.05) is 37.3 Å². The van der Waals surface area contributed by atoms with Crippen molar-refractivity contribution in [3.05, 3.63) is 52.3 Å². The van der Waals surface area contributed by atoms with E-state index in [-0.39, 0.29) is 0 Å². The second-order valence-corrected chi connectivity index (χ2v) is 4.64. The number of hydrogen-bond donors (Lipinski definition) is 2. The monoisotopic (exact) mass is 256 g/mol. The second kappa shape index (κ2) is 4.34.